The van der Waals surface area contributed by atoms with Crippen LogP contribution in [0.25, 0.3) is 0 Å². The minimum absolute atomic E-state index is 0.136. The summed E-state index contributed by atoms with van der Waals surface area (Å²) in [6.07, 6.45) is 5.42. The second-order valence-corrected chi connectivity index (χ2v) is 6.06. The van der Waals surface area contributed by atoms with E-state index < -0.39 is 0 Å². The Kier molecular flexibility index (Phi) is 4.76. The van der Waals surface area contributed by atoms with Gasteiger partial charge in [-0.25, -0.2) is 0 Å². The van der Waals surface area contributed by atoms with Crippen LogP contribution in [0.4, 0.5) is 0 Å². The van der Waals surface area contributed by atoms with Gasteiger partial charge in [0.2, 0.25) is 0 Å². The zero-order valence-corrected chi connectivity index (χ0v) is 11.7. The zero-order chi connectivity index (χ0) is 13.0. The molecule has 0 aromatic heterocycles. The molecule has 0 amide bonds. The first kappa shape index (κ1) is 14.0. The third kappa shape index (κ3) is 3.31. The van der Waals surface area contributed by atoms with Gasteiger partial charge in [-0.2, -0.15) is 0 Å². The summed E-state index contributed by atoms with van der Waals surface area (Å²) in [4.78, 5) is 16.2. The Labute approximate surface area is 110 Å². The van der Waals surface area contributed by atoms with Crippen LogP contribution in [0, 0.1) is 5.41 Å². The van der Waals surface area contributed by atoms with E-state index in [2.05, 4.69) is 23.9 Å². The number of aldehydes is 1. The van der Waals surface area contributed by atoms with E-state index in [1.54, 1.807) is 0 Å². The smallest absolute Gasteiger partial charge is 0.127 e. The average Bonchev–Trinajstić information content (AvgIpc) is 2.40. The highest BCUT2D eigenvalue weighted by molar-refractivity contribution is 5.60. The monoisotopic (exact) mass is 254 g/mol. The lowest BCUT2D eigenvalue weighted by Crippen LogP contribution is -2.48. The minimum Gasteiger partial charge on any atom is -0.381 e. The summed E-state index contributed by atoms with van der Waals surface area (Å²) in [5, 5.41) is 0. The van der Waals surface area contributed by atoms with E-state index in [1.807, 2.05) is 0 Å². The Bertz CT molecular complexity index is 267. The maximum Gasteiger partial charge on any atom is 0.127 e. The van der Waals surface area contributed by atoms with Crippen molar-refractivity contribution in [3.05, 3.63) is 0 Å². The van der Waals surface area contributed by atoms with Crippen LogP contribution in [0.15, 0.2) is 0 Å². The van der Waals surface area contributed by atoms with Gasteiger partial charge in [0.25, 0.3) is 0 Å². The number of nitrogens with zero attached hydrogens (tertiary/aromatic N) is 2. The molecule has 0 bridgehead atoms. The Morgan fingerprint density at radius 2 is 1.89 bits per heavy atom. The minimum atomic E-state index is -0.136. The van der Waals surface area contributed by atoms with Crippen LogP contribution in [0.3, 0.4) is 0 Å². The van der Waals surface area contributed by atoms with E-state index in [9.17, 15) is 4.79 Å². The highest BCUT2D eigenvalue weighted by Gasteiger charge is 2.35. The molecule has 0 aliphatic carbocycles. The van der Waals surface area contributed by atoms with Gasteiger partial charge in [0, 0.05) is 31.2 Å². The van der Waals surface area contributed by atoms with E-state index in [0.717, 1.165) is 45.7 Å². The Hall–Kier alpha value is -0.450. The van der Waals surface area contributed by atoms with Crippen LogP contribution in [0.2, 0.25) is 0 Å². The molecule has 2 aliphatic rings. The molecule has 2 saturated heterocycles. The highest BCUT2D eigenvalue weighted by atomic mass is 16.5. The maximum atomic E-state index is 11.4. The van der Waals surface area contributed by atoms with E-state index in [1.165, 1.54) is 19.1 Å². The third-order valence-corrected chi connectivity index (χ3v) is 4.56. The maximum absolute atomic E-state index is 11.4. The highest BCUT2D eigenvalue weighted by Crippen LogP contribution is 2.30. The van der Waals surface area contributed by atoms with Gasteiger partial charge in [-0.15, -0.1) is 0 Å². The van der Waals surface area contributed by atoms with Crippen LogP contribution >= 0.6 is 0 Å². The van der Waals surface area contributed by atoms with Gasteiger partial charge >= 0.3 is 0 Å². The summed E-state index contributed by atoms with van der Waals surface area (Å²) < 4.78 is 5.38. The molecule has 18 heavy (non-hydrogen) atoms. The first-order chi connectivity index (χ1) is 8.65. The summed E-state index contributed by atoms with van der Waals surface area (Å²) in [6, 6.07) is 0.711. The molecule has 0 radical (unpaired) electrons. The Morgan fingerprint density at radius 3 is 2.39 bits per heavy atom. The number of likely N-dealkylation sites (tertiary alicyclic amines) is 1. The number of piperidine rings is 1. The van der Waals surface area contributed by atoms with Gasteiger partial charge in [0.15, 0.2) is 0 Å². The molecule has 0 spiro atoms. The molecule has 4 nitrogen and oxygen atoms in total. The summed E-state index contributed by atoms with van der Waals surface area (Å²) in [5.41, 5.74) is -0.136. The van der Waals surface area contributed by atoms with Crippen molar-refractivity contribution in [2.45, 2.75) is 31.7 Å². The quantitative estimate of drug-likeness (QED) is 0.701. The Balaban J connectivity index is 1.84. The van der Waals surface area contributed by atoms with Crippen molar-refractivity contribution in [1.82, 2.24) is 9.80 Å². The third-order valence-electron chi connectivity index (χ3n) is 4.56. The topological polar surface area (TPSA) is 32.8 Å². The standard InChI is InChI=1S/C14H26N2O2/c1-15(2)13-3-7-16(8-4-13)11-14(12-17)5-9-18-10-6-14/h12-13H,3-11H2,1-2H3. The number of carbonyl (C=O) groups is 1. The number of rotatable bonds is 4. The normalized spacial score (nSPS) is 26.4. The van der Waals surface area contributed by atoms with Gasteiger partial charge in [0.05, 0.1) is 0 Å². The molecule has 2 fully saturated rings. The number of hydrogen-bond donors (Lipinski definition) is 0. The fourth-order valence-electron chi connectivity index (χ4n) is 3.13. The van der Waals surface area contributed by atoms with E-state index >= 15 is 0 Å². The van der Waals surface area contributed by atoms with Crippen molar-refractivity contribution < 1.29 is 9.53 Å². The van der Waals surface area contributed by atoms with Crippen molar-refractivity contribution in [2.75, 3.05) is 46.9 Å². The molecular weight excluding hydrogens is 228 g/mol. The molecule has 4 heteroatoms. The molecule has 2 heterocycles. The van der Waals surface area contributed by atoms with Crippen LogP contribution < -0.4 is 0 Å². The second-order valence-electron chi connectivity index (χ2n) is 6.06. The predicted octanol–water partition coefficient (Wildman–Crippen LogP) is 1.01. The molecule has 0 N–H and O–H groups in total. The van der Waals surface area contributed by atoms with E-state index in [4.69, 9.17) is 4.74 Å². The lowest BCUT2D eigenvalue weighted by molar-refractivity contribution is -0.123. The molecule has 0 aromatic rings. The predicted molar refractivity (Wildman–Crippen MR) is 71.7 cm³/mol. The van der Waals surface area contributed by atoms with Gasteiger partial charge in [-0.1, -0.05) is 0 Å². The van der Waals surface area contributed by atoms with Crippen molar-refractivity contribution in [2.24, 2.45) is 5.41 Å². The lowest BCUT2D eigenvalue weighted by Gasteiger charge is -2.41. The molecule has 0 aromatic carbocycles. The first-order valence-corrected chi connectivity index (χ1v) is 7.08. The van der Waals surface area contributed by atoms with Crippen molar-refractivity contribution in [3.8, 4) is 0 Å². The average molecular weight is 254 g/mol. The van der Waals surface area contributed by atoms with Gasteiger partial charge in [-0.3, -0.25) is 0 Å². The van der Waals surface area contributed by atoms with Gasteiger partial charge in [-0.05, 0) is 52.9 Å². The lowest BCUT2D eigenvalue weighted by atomic mass is 9.81. The molecular formula is C14H26N2O2. The molecule has 0 atom stereocenters. The second kappa shape index (κ2) is 6.13. The number of ether oxygens (including phenoxy) is 1. The SMILES string of the molecule is CN(C)C1CCN(CC2(C=O)CCOCC2)CC1. The van der Waals surface area contributed by atoms with Gasteiger partial charge < -0.3 is 19.3 Å². The largest absolute Gasteiger partial charge is 0.381 e. The summed E-state index contributed by atoms with van der Waals surface area (Å²) in [7, 11) is 4.32. The van der Waals surface area contributed by atoms with Crippen LogP contribution in [-0.2, 0) is 9.53 Å². The van der Waals surface area contributed by atoms with Crippen molar-refractivity contribution in [1.29, 1.82) is 0 Å². The van der Waals surface area contributed by atoms with Crippen LogP contribution in [0.5, 0.6) is 0 Å². The summed E-state index contributed by atoms with van der Waals surface area (Å²) >= 11 is 0. The van der Waals surface area contributed by atoms with E-state index in [0.29, 0.717) is 6.04 Å². The molecule has 0 saturated carbocycles. The molecule has 2 aliphatic heterocycles. The zero-order valence-electron chi connectivity index (χ0n) is 11.7. The fourth-order valence-corrected chi connectivity index (χ4v) is 3.13. The molecule has 104 valence electrons. The number of hydrogen-bond acceptors (Lipinski definition) is 4. The van der Waals surface area contributed by atoms with E-state index in [-0.39, 0.29) is 5.41 Å². The summed E-state index contributed by atoms with van der Waals surface area (Å²) in [5.74, 6) is 0. The Morgan fingerprint density at radius 1 is 1.28 bits per heavy atom. The van der Waals surface area contributed by atoms with Crippen LogP contribution in [-0.4, -0.2) is 69.1 Å². The molecule has 0 unspecified atom stereocenters. The van der Waals surface area contributed by atoms with Crippen molar-refractivity contribution >= 4 is 6.29 Å². The van der Waals surface area contributed by atoms with Crippen LogP contribution in [0.1, 0.15) is 25.7 Å². The molecule has 2 rings (SSSR count). The van der Waals surface area contributed by atoms with Crippen molar-refractivity contribution in [3.63, 3.8) is 0 Å². The first-order valence-electron chi connectivity index (χ1n) is 7.08. The fraction of sp³-hybridized carbons (Fsp3) is 0.929. The van der Waals surface area contributed by atoms with Gasteiger partial charge in [0.1, 0.15) is 6.29 Å². The summed E-state index contributed by atoms with van der Waals surface area (Å²) in [6.45, 7) is 4.67. The number of carbonyl (C=O) groups excluding carboxylic acids is 1.